The first-order valence-corrected chi connectivity index (χ1v) is 4.91. The van der Waals surface area contributed by atoms with E-state index in [1.165, 1.54) is 0 Å². The van der Waals surface area contributed by atoms with E-state index < -0.39 is 0 Å². The highest BCUT2D eigenvalue weighted by Crippen LogP contribution is 2.11. The van der Waals surface area contributed by atoms with Gasteiger partial charge in [-0.1, -0.05) is 6.92 Å². The summed E-state index contributed by atoms with van der Waals surface area (Å²) in [6.45, 7) is 3.74. The fourth-order valence-electron chi connectivity index (χ4n) is 1.25. The Balaban J connectivity index is 2.43. The topological polar surface area (TPSA) is 72.2 Å². The van der Waals surface area contributed by atoms with Gasteiger partial charge in [0.25, 0.3) is 0 Å². The molecule has 0 radical (unpaired) electrons. The van der Waals surface area contributed by atoms with Crippen molar-refractivity contribution in [2.45, 2.75) is 6.92 Å². The highest BCUT2D eigenvalue weighted by Gasteiger charge is 2.01. The van der Waals surface area contributed by atoms with Gasteiger partial charge in [0.15, 0.2) is 0 Å². The molecule has 1 aromatic heterocycles. The Morgan fingerprint density at radius 1 is 1.60 bits per heavy atom. The molecule has 15 heavy (non-hydrogen) atoms. The average Bonchev–Trinajstić information content (AvgIpc) is 2.27. The summed E-state index contributed by atoms with van der Waals surface area (Å²) in [5.74, 6) is 6.38. The molecule has 1 rings (SSSR count). The molecule has 0 fully saturated rings. The summed E-state index contributed by atoms with van der Waals surface area (Å²) in [4.78, 5) is 4.02. The second kappa shape index (κ2) is 6.21. The van der Waals surface area contributed by atoms with E-state index in [0.29, 0.717) is 11.7 Å². The Labute approximate surface area is 90.0 Å². The minimum Gasteiger partial charge on any atom is -0.385 e. The van der Waals surface area contributed by atoms with Crippen LogP contribution >= 0.6 is 0 Å². The number of anilines is 2. The van der Waals surface area contributed by atoms with Crippen molar-refractivity contribution >= 4 is 11.5 Å². The third-order valence-electron chi connectivity index (χ3n) is 2.01. The minimum absolute atomic E-state index is 0.470. The Bertz CT molecular complexity index is 293. The number of nitrogens with zero attached hydrogens (tertiary/aromatic N) is 1. The molecule has 1 unspecified atom stereocenters. The second-order valence-corrected chi connectivity index (χ2v) is 3.52. The van der Waals surface area contributed by atoms with Crippen LogP contribution in [0.3, 0.4) is 0 Å². The lowest BCUT2D eigenvalue weighted by Gasteiger charge is -2.12. The fourth-order valence-corrected chi connectivity index (χ4v) is 1.25. The smallest absolute Gasteiger partial charge is 0.141 e. The van der Waals surface area contributed by atoms with Gasteiger partial charge in [0.2, 0.25) is 0 Å². The molecule has 0 aliphatic rings. The molecule has 5 nitrogen and oxygen atoms in total. The molecule has 0 saturated carbocycles. The lowest BCUT2D eigenvalue weighted by molar-refractivity contribution is 0.164. The second-order valence-electron chi connectivity index (χ2n) is 3.52. The van der Waals surface area contributed by atoms with Crippen molar-refractivity contribution in [3.05, 3.63) is 18.3 Å². The number of nitrogens with one attached hydrogen (secondary N) is 2. The maximum atomic E-state index is 5.26. The molecule has 1 atom stereocenters. The summed E-state index contributed by atoms with van der Waals surface area (Å²) >= 11 is 0. The molecule has 0 bridgehead atoms. The Kier molecular flexibility index (Phi) is 4.86. The lowest BCUT2D eigenvalue weighted by Crippen LogP contribution is -2.16. The van der Waals surface area contributed by atoms with Gasteiger partial charge in [-0.2, -0.15) is 0 Å². The molecule has 0 spiro atoms. The number of methoxy groups -OCH3 is 1. The molecule has 84 valence electrons. The number of nitrogens with two attached hydrogens (primary N) is 1. The van der Waals surface area contributed by atoms with Gasteiger partial charge in [0.05, 0.1) is 6.61 Å². The maximum Gasteiger partial charge on any atom is 0.141 e. The predicted octanol–water partition coefficient (Wildman–Crippen LogP) is 1.06. The Morgan fingerprint density at radius 3 is 3.07 bits per heavy atom. The van der Waals surface area contributed by atoms with E-state index in [1.807, 2.05) is 12.1 Å². The van der Waals surface area contributed by atoms with E-state index in [2.05, 4.69) is 22.7 Å². The van der Waals surface area contributed by atoms with Crippen LogP contribution < -0.4 is 16.6 Å². The van der Waals surface area contributed by atoms with Gasteiger partial charge in [0.1, 0.15) is 5.82 Å². The third kappa shape index (κ3) is 4.14. The molecular formula is C10H18N4O. The summed E-state index contributed by atoms with van der Waals surface area (Å²) in [6, 6.07) is 3.76. The van der Waals surface area contributed by atoms with Crippen LogP contribution in [-0.2, 0) is 4.74 Å². The van der Waals surface area contributed by atoms with Crippen LogP contribution in [0.1, 0.15) is 6.92 Å². The van der Waals surface area contributed by atoms with Gasteiger partial charge in [0, 0.05) is 31.6 Å². The van der Waals surface area contributed by atoms with Crippen LogP contribution in [0.15, 0.2) is 18.3 Å². The van der Waals surface area contributed by atoms with Gasteiger partial charge in [-0.3, -0.25) is 0 Å². The first-order valence-electron chi connectivity index (χ1n) is 4.91. The largest absolute Gasteiger partial charge is 0.385 e. The number of ether oxygens (including phenoxy) is 1. The molecule has 0 aromatic carbocycles. The molecule has 0 amide bonds. The summed E-state index contributed by atoms with van der Waals surface area (Å²) in [6.07, 6.45) is 1.71. The van der Waals surface area contributed by atoms with E-state index in [4.69, 9.17) is 10.6 Å². The zero-order valence-corrected chi connectivity index (χ0v) is 9.16. The summed E-state index contributed by atoms with van der Waals surface area (Å²) in [7, 11) is 1.71. The number of nitrogen functional groups attached to an aromatic ring is 1. The fraction of sp³-hybridized carbons (Fsp3) is 0.500. The quantitative estimate of drug-likeness (QED) is 0.484. The van der Waals surface area contributed by atoms with Crippen LogP contribution in [0.4, 0.5) is 11.5 Å². The average molecular weight is 210 g/mol. The SMILES string of the molecule is COCC(C)CNc1ccnc(NN)c1. The zero-order chi connectivity index (χ0) is 11.1. The predicted molar refractivity (Wildman–Crippen MR) is 61.6 cm³/mol. The normalized spacial score (nSPS) is 12.2. The molecule has 0 aliphatic heterocycles. The molecule has 0 saturated heterocycles. The standard InChI is InChI=1S/C10H18N4O/c1-8(7-15-2)6-13-9-3-4-12-10(5-9)14-11/h3-5,8H,6-7,11H2,1-2H3,(H2,12,13,14). The summed E-state index contributed by atoms with van der Waals surface area (Å²) in [5, 5.41) is 3.29. The van der Waals surface area contributed by atoms with E-state index in [-0.39, 0.29) is 0 Å². The van der Waals surface area contributed by atoms with Gasteiger partial charge in [-0.15, -0.1) is 0 Å². The molecule has 0 aliphatic carbocycles. The van der Waals surface area contributed by atoms with Crippen LogP contribution in [0.25, 0.3) is 0 Å². The summed E-state index contributed by atoms with van der Waals surface area (Å²) in [5.41, 5.74) is 3.51. The Morgan fingerprint density at radius 2 is 2.40 bits per heavy atom. The van der Waals surface area contributed by atoms with E-state index in [1.54, 1.807) is 13.3 Å². The van der Waals surface area contributed by atoms with Crippen LogP contribution in [0.5, 0.6) is 0 Å². The van der Waals surface area contributed by atoms with Crippen molar-refractivity contribution in [1.82, 2.24) is 4.98 Å². The van der Waals surface area contributed by atoms with Crippen molar-refractivity contribution in [2.75, 3.05) is 31.0 Å². The van der Waals surface area contributed by atoms with Gasteiger partial charge in [-0.25, -0.2) is 10.8 Å². The maximum absolute atomic E-state index is 5.26. The number of pyridine rings is 1. The van der Waals surface area contributed by atoms with E-state index in [9.17, 15) is 0 Å². The van der Waals surface area contributed by atoms with Crippen molar-refractivity contribution in [2.24, 2.45) is 11.8 Å². The Hall–Kier alpha value is -1.33. The molecule has 1 heterocycles. The van der Waals surface area contributed by atoms with Gasteiger partial charge < -0.3 is 15.5 Å². The number of hydrogen-bond donors (Lipinski definition) is 3. The molecule has 1 aromatic rings. The highest BCUT2D eigenvalue weighted by atomic mass is 16.5. The van der Waals surface area contributed by atoms with Crippen molar-refractivity contribution < 1.29 is 4.74 Å². The van der Waals surface area contributed by atoms with Crippen molar-refractivity contribution in [3.8, 4) is 0 Å². The van der Waals surface area contributed by atoms with Crippen LogP contribution in [0, 0.1) is 5.92 Å². The first kappa shape index (κ1) is 11.7. The number of hydrogen-bond acceptors (Lipinski definition) is 5. The number of rotatable bonds is 6. The minimum atomic E-state index is 0.470. The monoisotopic (exact) mass is 210 g/mol. The molecule has 5 heteroatoms. The molecule has 4 N–H and O–H groups in total. The van der Waals surface area contributed by atoms with Crippen LogP contribution in [-0.4, -0.2) is 25.2 Å². The van der Waals surface area contributed by atoms with Crippen molar-refractivity contribution in [1.29, 1.82) is 0 Å². The number of hydrazine groups is 1. The van der Waals surface area contributed by atoms with Crippen molar-refractivity contribution in [3.63, 3.8) is 0 Å². The van der Waals surface area contributed by atoms with E-state index in [0.717, 1.165) is 18.8 Å². The van der Waals surface area contributed by atoms with Crippen LogP contribution in [0.2, 0.25) is 0 Å². The van der Waals surface area contributed by atoms with E-state index >= 15 is 0 Å². The highest BCUT2D eigenvalue weighted by molar-refractivity contribution is 5.51. The first-order chi connectivity index (χ1) is 7.26. The summed E-state index contributed by atoms with van der Waals surface area (Å²) < 4.78 is 5.05. The zero-order valence-electron chi connectivity index (χ0n) is 9.16. The van der Waals surface area contributed by atoms with Gasteiger partial charge >= 0.3 is 0 Å². The lowest BCUT2D eigenvalue weighted by atomic mass is 10.2. The number of aromatic nitrogens is 1. The van der Waals surface area contributed by atoms with Gasteiger partial charge in [-0.05, 0) is 12.0 Å². The third-order valence-corrected chi connectivity index (χ3v) is 2.01. The molecular weight excluding hydrogens is 192 g/mol.